The molecular weight excluding hydrogens is 244 g/mol. The summed E-state index contributed by atoms with van der Waals surface area (Å²) in [6.07, 6.45) is 14.5. The van der Waals surface area contributed by atoms with Crippen molar-refractivity contribution in [2.24, 2.45) is 11.8 Å². The average Bonchev–Trinajstić information content (AvgIpc) is 2.36. The fourth-order valence-corrected chi connectivity index (χ4v) is 2.59. The van der Waals surface area contributed by atoms with Crippen LogP contribution in [0.5, 0.6) is 0 Å². The first-order chi connectivity index (χ1) is 9.52. The monoisotopic (exact) mass is 282 g/mol. The van der Waals surface area contributed by atoms with Crippen LogP contribution in [0.25, 0.3) is 0 Å². The fraction of sp³-hybridized carbons (Fsp3) is 0.947. The topological polar surface area (TPSA) is 17.1 Å². The summed E-state index contributed by atoms with van der Waals surface area (Å²) in [7, 11) is 0. The molecule has 0 aromatic rings. The molecule has 0 saturated carbocycles. The number of Topliss-reactive ketones (excluding diaryl/α,β-unsaturated/α-hetero) is 1. The van der Waals surface area contributed by atoms with Crippen LogP contribution in [0.2, 0.25) is 0 Å². The number of ketones is 1. The maximum Gasteiger partial charge on any atom is 0.132 e. The van der Waals surface area contributed by atoms with Gasteiger partial charge in [0.05, 0.1) is 0 Å². The van der Waals surface area contributed by atoms with Gasteiger partial charge in [0.25, 0.3) is 0 Å². The zero-order valence-electron chi connectivity index (χ0n) is 14.5. The van der Waals surface area contributed by atoms with E-state index in [0.29, 0.717) is 5.78 Å². The first-order valence-electron chi connectivity index (χ1n) is 9.04. The molecule has 0 unspecified atom stereocenters. The van der Waals surface area contributed by atoms with Crippen molar-refractivity contribution in [2.45, 2.75) is 105 Å². The largest absolute Gasteiger partial charge is 0.300 e. The van der Waals surface area contributed by atoms with Crippen molar-refractivity contribution >= 4 is 5.78 Å². The second-order valence-electron chi connectivity index (χ2n) is 7.23. The fourth-order valence-electron chi connectivity index (χ4n) is 2.59. The minimum atomic E-state index is 0.489. The molecule has 0 bridgehead atoms. The highest BCUT2D eigenvalue weighted by Crippen LogP contribution is 2.13. The Balaban J connectivity index is 3.17. The molecule has 1 heteroatoms. The standard InChI is InChI=1S/C19H38O/c1-17(2)13-10-8-6-5-7-9-11-15-19(20)16-12-14-18(3)4/h17-18H,5-16H2,1-4H3. The van der Waals surface area contributed by atoms with Crippen molar-refractivity contribution in [1.29, 1.82) is 0 Å². The van der Waals surface area contributed by atoms with Crippen LogP contribution in [-0.2, 0) is 4.79 Å². The molecule has 0 heterocycles. The Bertz CT molecular complexity index is 218. The molecule has 0 fully saturated rings. The molecule has 0 spiro atoms. The lowest BCUT2D eigenvalue weighted by atomic mass is 10.0. The van der Waals surface area contributed by atoms with Gasteiger partial charge in [-0.3, -0.25) is 4.79 Å². The average molecular weight is 283 g/mol. The van der Waals surface area contributed by atoms with Crippen molar-refractivity contribution < 1.29 is 4.79 Å². The molecular formula is C19H38O. The summed E-state index contributed by atoms with van der Waals surface area (Å²) in [5.74, 6) is 2.08. The number of rotatable bonds is 14. The van der Waals surface area contributed by atoms with Gasteiger partial charge in [0.1, 0.15) is 5.78 Å². The summed E-state index contributed by atoms with van der Waals surface area (Å²) in [6, 6.07) is 0. The van der Waals surface area contributed by atoms with Crippen LogP contribution in [0, 0.1) is 11.8 Å². The molecule has 0 aliphatic heterocycles. The minimum Gasteiger partial charge on any atom is -0.300 e. The molecule has 0 aliphatic carbocycles. The predicted octanol–water partition coefficient (Wildman–Crippen LogP) is 6.55. The van der Waals surface area contributed by atoms with E-state index in [0.717, 1.165) is 37.5 Å². The van der Waals surface area contributed by atoms with E-state index in [2.05, 4.69) is 27.7 Å². The summed E-state index contributed by atoms with van der Waals surface area (Å²) in [4.78, 5) is 11.7. The predicted molar refractivity (Wildman–Crippen MR) is 90.1 cm³/mol. The molecule has 0 saturated heterocycles. The van der Waals surface area contributed by atoms with Gasteiger partial charge < -0.3 is 0 Å². The Morgan fingerprint density at radius 2 is 1.00 bits per heavy atom. The van der Waals surface area contributed by atoms with Crippen LogP contribution in [0.1, 0.15) is 105 Å². The van der Waals surface area contributed by atoms with Gasteiger partial charge >= 0.3 is 0 Å². The quantitative estimate of drug-likeness (QED) is 0.330. The van der Waals surface area contributed by atoms with Gasteiger partial charge in [0, 0.05) is 12.8 Å². The third kappa shape index (κ3) is 15.7. The van der Waals surface area contributed by atoms with Crippen molar-refractivity contribution in [1.82, 2.24) is 0 Å². The van der Waals surface area contributed by atoms with E-state index in [9.17, 15) is 4.79 Å². The maximum absolute atomic E-state index is 11.7. The Kier molecular flexibility index (Phi) is 13.4. The van der Waals surface area contributed by atoms with Gasteiger partial charge in [-0.25, -0.2) is 0 Å². The summed E-state index contributed by atoms with van der Waals surface area (Å²) in [6.45, 7) is 9.06. The highest BCUT2D eigenvalue weighted by atomic mass is 16.1. The van der Waals surface area contributed by atoms with Gasteiger partial charge in [0.2, 0.25) is 0 Å². The molecule has 0 rings (SSSR count). The van der Waals surface area contributed by atoms with Gasteiger partial charge in [-0.1, -0.05) is 79.1 Å². The molecule has 0 aromatic carbocycles. The van der Waals surface area contributed by atoms with Gasteiger partial charge in [0.15, 0.2) is 0 Å². The van der Waals surface area contributed by atoms with Crippen molar-refractivity contribution in [2.75, 3.05) is 0 Å². The summed E-state index contributed by atoms with van der Waals surface area (Å²) in [5.41, 5.74) is 0. The number of carbonyl (C=O) groups is 1. The zero-order chi connectivity index (χ0) is 15.2. The number of unbranched alkanes of at least 4 members (excludes halogenated alkanes) is 6. The molecule has 1 nitrogen and oxygen atoms in total. The van der Waals surface area contributed by atoms with E-state index in [1.165, 1.54) is 51.4 Å². The van der Waals surface area contributed by atoms with Crippen LogP contribution >= 0.6 is 0 Å². The summed E-state index contributed by atoms with van der Waals surface area (Å²) >= 11 is 0. The maximum atomic E-state index is 11.7. The summed E-state index contributed by atoms with van der Waals surface area (Å²) < 4.78 is 0. The van der Waals surface area contributed by atoms with Crippen molar-refractivity contribution in [3.05, 3.63) is 0 Å². The molecule has 20 heavy (non-hydrogen) atoms. The van der Waals surface area contributed by atoms with Crippen LogP contribution < -0.4 is 0 Å². The molecule has 120 valence electrons. The molecule has 0 amide bonds. The van der Waals surface area contributed by atoms with E-state index >= 15 is 0 Å². The molecule has 0 aromatic heterocycles. The molecule has 0 aliphatic rings. The second kappa shape index (κ2) is 13.6. The Morgan fingerprint density at radius 3 is 1.55 bits per heavy atom. The highest BCUT2D eigenvalue weighted by molar-refractivity contribution is 5.78. The van der Waals surface area contributed by atoms with Crippen LogP contribution in [0.3, 0.4) is 0 Å². The van der Waals surface area contributed by atoms with E-state index in [1.807, 2.05) is 0 Å². The smallest absolute Gasteiger partial charge is 0.132 e. The first kappa shape index (κ1) is 19.7. The molecule has 0 atom stereocenters. The minimum absolute atomic E-state index is 0.489. The zero-order valence-corrected chi connectivity index (χ0v) is 14.5. The van der Waals surface area contributed by atoms with Crippen LogP contribution in [0.15, 0.2) is 0 Å². The Morgan fingerprint density at radius 1 is 0.600 bits per heavy atom. The molecule has 0 N–H and O–H groups in total. The second-order valence-corrected chi connectivity index (χ2v) is 7.23. The van der Waals surface area contributed by atoms with Gasteiger partial charge in [-0.15, -0.1) is 0 Å². The number of carbonyl (C=O) groups excluding carboxylic acids is 1. The highest BCUT2D eigenvalue weighted by Gasteiger charge is 2.03. The number of hydrogen-bond donors (Lipinski definition) is 0. The summed E-state index contributed by atoms with van der Waals surface area (Å²) in [5, 5.41) is 0. The van der Waals surface area contributed by atoms with Crippen LogP contribution in [-0.4, -0.2) is 5.78 Å². The van der Waals surface area contributed by atoms with Crippen LogP contribution in [0.4, 0.5) is 0 Å². The third-order valence-electron chi connectivity index (χ3n) is 3.97. The first-order valence-corrected chi connectivity index (χ1v) is 9.04. The van der Waals surface area contributed by atoms with Gasteiger partial charge in [-0.2, -0.15) is 0 Å². The third-order valence-corrected chi connectivity index (χ3v) is 3.97. The van der Waals surface area contributed by atoms with E-state index in [4.69, 9.17) is 0 Å². The van der Waals surface area contributed by atoms with E-state index in [-0.39, 0.29) is 0 Å². The van der Waals surface area contributed by atoms with E-state index in [1.54, 1.807) is 0 Å². The lowest BCUT2D eigenvalue weighted by molar-refractivity contribution is -0.119. The van der Waals surface area contributed by atoms with Crippen molar-refractivity contribution in [3.8, 4) is 0 Å². The number of hydrogen-bond acceptors (Lipinski definition) is 1. The Hall–Kier alpha value is -0.330. The molecule has 0 radical (unpaired) electrons. The van der Waals surface area contributed by atoms with Gasteiger partial charge in [-0.05, 0) is 24.7 Å². The Labute approximate surface area is 127 Å². The normalized spacial score (nSPS) is 11.5. The lowest BCUT2D eigenvalue weighted by Crippen LogP contribution is -1.99. The lowest BCUT2D eigenvalue weighted by Gasteiger charge is -2.05. The van der Waals surface area contributed by atoms with E-state index < -0.39 is 0 Å². The SMILES string of the molecule is CC(C)CCCCCCCCCC(=O)CCCC(C)C. The van der Waals surface area contributed by atoms with Crippen molar-refractivity contribution in [3.63, 3.8) is 0 Å².